The van der Waals surface area contributed by atoms with Crippen molar-refractivity contribution >= 4 is 29.1 Å². The van der Waals surface area contributed by atoms with E-state index >= 15 is 0 Å². The summed E-state index contributed by atoms with van der Waals surface area (Å²) < 4.78 is 18.9. The molecule has 1 aliphatic heterocycles. The first kappa shape index (κ1) is 27.5. The van der Waals surface area contributed by atoms with Crippen molar-refractivity contribution in [1.29, 1.82) is 0 Å². The zero-order chi connectivity index (χ0) is 28.2. The van der Waals surface area contributed by atoms with E-state index in [1.54, 1.807) is 18.4 Å². The number of hydrogen-bond donors (Lipinski definition) is 1. The smallest absolute Gasteiger partial charge is 0.318 e. The third-order valence-corrected chi connectivity index (χ3v) is 8.50. The summed E-state index contributed by atoms with van der Waals surface area (Å²) in [6.07, 6.45) is 8.24. The Balaban J connectivity index is 1.37. The highest BCUT2D eigenvalue weighted by Crippen LogP contribution is 2.38. The van der Waals surface area contributed by atoms with Gasteiger partial charge in [0.2, 0.25) is 0 Å². The van der Waals surface area contributed by atoms with E-state index in [1.165, 1.54) is 12.1 Å². The molecule has 5 rings (SSSR count). The van der Waals surface area contributed by atoms with Gasteiger partial charge in [0.25, 0.3) is 0 Å². The van der Waals surface area contributed by atoms with E-state index in [0.29, 0.717) is 19.6 Å². The predicted molar refractivity (Wildman–Crippen MR) is 162 cm³/mol. The first-order chi connectivity index (χ1) is 19.3. The third-order valence-electron chi connectivity index (χ3n) is 7.29. The first-order valence-corrected chi connectivity index (χ1v) is 14.3. The standard InChI is InChI=1S/C33H34FN3O2S/c1-22-8-5-6-9-27-20-31(25-12-14-28(34)15-13-25)40-32(27)30(18-22)36-16-17-37(23(2)21-36)33(38)35-24(3)26-10-7-11-29(19-26)39-4/h5-15,19-20,23-24H,16-17,21H2,1-4H3,(H,35,38). The molecule has 0 radical (unpaired) electrons. The van der Waals surface area contributed by atoms with Crippen molar-refractivity contribution in [2.45, 2.75) is 32.9 Å². The summed E-state index contributed by atoms with van der Waals surface area (Å²) in [7, 11) is 1.64. The lowest BCUT2D eigenvalue weighted by Gasteiger charge is -2.41. The predicted octanol–water partition coefficient (Wildman–Crippen LogP) is 7.51. The van der Waals surface area contributed by atoms with Crippen LogP contribution in [-0.4, -0.2) is 48.6 Å². The zero-order valence-corrected chi connectivity index (χ0v) is 24.1. The van der Waals surface area contributed by atoms with Crippen molar-refractivity contribution < 1.29 is 13.9 Å². The number of thiophene rings is 1. The Morgan fingerprint density at radius 1 is 1.12 bits per heavy atom. The van der Waals surface area contributed by atoms with Crippen LogP contribution in [-0.2, 0) is 0 Å². The van der Waals surface area contributed by atoms with Crippen molar-refractivity contribution in [2.24, 2.45) is 0 Å². The third kappa shape index (κ3) is 6.06. The fourth-order valence-electron chi connectivity index (χ4n) is 5.06. The molecule has 1 N–H and O–H groups in total. The average molecular weight is 556 g/mol. The molecule has 2 unspecified atom stereocenters. The highest BCUT2D eigenvalue weighted by atomic mass is 32.1. The fraction of sp³-hybridized carbons (Fsp3) is 0.273. The molecular weight excluding hydrogens is 521 g/mol. The Morgan fingerprint density at radius 2 is 1.90 bits per heavy atom. The van der Waals surface area contributed by atoms with Gasteiger partial charge in [-0.15, -0.1) is 11.3 Å². The molecule has 2 amide bonds. The second-order valence-corrected chi connectivity index (χ2v) is 11.3. The van der Waals surface area contributed by atoms with E-state index in [2.05, 4.69) is 48.0 Å². The Bertz CT molecular complexity index is 1510. The van der Waals surface area contributed by atoms with Crippen LogP contribution in [0.3, 0.4) is 0 Å². The molecular formula is C33H34FN3O2S. The lowest BCUT2D eigenvalue weighted by Crippen LogP contribution is -2.56. The number of rotatable bonds is 5. The maximum atomic E-state index is 13.6. The Labute approximate surface area is 239 Å². The zero-order valence-electron chi connectivity index (χ0n) is 23.3. The van der Waals surface area contributed by atoms with Gasteiger partial charge in [-0.2, -0.15) is 0 Å². The SMILES string of the molecule is COc1cccc(C(C)NC(=O)N2CCN(C3=C=C(C)C=CC=Cc4cc(-c5ccc(F)cc5)sc43)CC2C)c1. The molecule has 0 bridgehead atoms. The van der Waals surface area contributed by atoms with Crippen LogP contribution < -0.4 is 10.1 Å². The highest BCUT2D eigenvalue weighted by molar-refractivity contribution is 7.16. The molecule has 5 nitrogen and oxygen atoms in total. The monoisotopic (exact) mass is 555 g/mol. The molecule has 40 heavy (non-hydrogen) atoms. The van der Waals surface area contributed by atoms with Gasteiger partial charge in [-0.05, 0) is 73.4 Å². The van der Waals surface area contributed by atoms with Gasteiger partial charge < -0.3 is 19.9 Å². The summed E-state index contributed by atoms with van der Waals surface area (Å²) in [5.41, 5.74) is 8.79. The van der Waals surface area contributed by atoms with E-state index < -0.39 is 0 Å². The molecule has 1 aliphatic carbocycles. The number of carbonyl (C=O) groups excluding carboxylic acids is 1. The number of ether oxygens (including phenoxy) is 1. The summed E-state index contributed by atoms with van der Waals surface area (Å²) in [4.78, 5) is 19.8. The van der Waals surface area contributed by atoms with Crippen molar-refractivity contribution in [2.75, 3.05) is 26.7 Å². The Kier molecular flexibility index (Phi) is 8.24. The van der Waals surface area contributed by atoms with E-state index in [4.69, 9.17) is 4.74 Å². The molecule has 7 heteroatoms. The molecule has 3 aromatic rings. The quantitative estimate of drug-likeness (QED) is 0.332. The highest BCUT2D eigenvalue weighted by Gasteiger charge is 2.31. The normalized spacial score (nSPS) is 17.7. The summed E-state index contributed by atoms with van der Waals surface area (Å²) in [5.74, 6) is 0.528. The summed E-state index contributed by atoms with van der Waals surface area (Å²) in [6, 6.07) is 16.4. The van der Waals surface area contributed by atoms with E-state index in [9.17, 15) is 9.18 Å². The molecule has 2 atom stereocenters. The largest absolute Gasteiger partial charge is 0.497 e. The average Bonchev–Trinajstić information content (AvgIpc) is 3.39. The van der Waals surface area contributed by atoms with E-state index in [0.717, 1.165) is 43.5 Å². The number of hydrogen-bond acceptors (Lipinski definition) is 4. The van der Waals surface area contributed by atoms with Crippen LogP contribution in [0, 0.1) is 5.82 Å². The van der Waals surface area contributed by atoms with Crippen molar-refractivity contribution in [3.63, 3.8) is 0 Å². The molecule has 1 fully saturated rings. The molecule has 2 aliphatic rings. The fourth-order valence-corrected chi connectivity index (χ4v) is 6.24. The van der Waals surface area contributed by atoms with Gasteiger partial charge in [0.1, 0.15) is 11.6 Å². The minimum absolute atomic E-state index is 0.000408. The number of amides is 2. The minimum atomic E-state index is -0.242. The van der Waals surface area contributed by atoms with Gasteiger partial charge >= 0.3 is 6.03 Å². The number of methoxy groups -OCH3 is 1. The number of urea groups is 1. The molecule has 2 aromatic carbocycles. The van der Waals surface area contributed by atoms with Gasteiger partial charge in [0.15, 0.2) is 0 Å². The lowest BCUT2D eigenvalue weighted by atomic mass is 10.1. The van der Waals surface area contributed by atoms with Crippen molar-refractivity contribution in [1.82, 2.24) is 15.1 Å². The number of nitrogens with zero attached hydrogens (tertiary/aromatic N) is 2. The van der Waals surface area contributed by atoms with Crippen molar-refractivity contribution in [3.8, 4) is 16.2 Å². The number of carbonyl (C=O) groups is 1. The van der Waals surface area contributed by atoms with Crippen LogP contribution in [0.1, 0.15) is 42.8 Å². The minimum Gasteiger partial charge on any atom is -0.497 e. The number of nitrogens with one attached hydrogen (secondary N) is 1. The topological polar surface area (TPSA) is 44.8 Å². The summed E-state index contributed by atoms with van der Waals surface area (Å²) >= 11 is 1.69. The van der Waals surface area contributed by atoms with Crippen LogP contribution >= 0.6 is 11.3 Å². The number of piperazine rings is 1. The number of benzene rings is 2. The Hall–Kier alpha value is -4.06. The van der Waals surface area contributed by atoms with Gasteiger partial charge in [0, 0.05) is 30.6 Å². The van der Waals surface area contributed by atoms with Crippen LogP contribution in [0.5, 0.6) is 5.75 Å². The van der Waals surface area contributed by atoms with Crippen molar-refractivity contribution in [3.05, 3.63) is 106 Å². The maximum absolute atomic E-state index is 13.6. The lowest BCUT2D eigenvalue weighted by molar-refractivity contribution is 0.129. The van der Waals surface area contributed by atoms with Crippen LogP contribution in [0.2, 0.25) is 0 Å². The molecule has 0 spiro atoms. The molecule has 2 heterocycles. The van der Waals surface area contributed by atoms with Crippen LogP contribution in [0.15, 0.2) is 84.1 Å². The molecule has 1 saturated heterocycles. The molecule has 1 aromatic heterocycles. The summed E-state index contributed by atoms with van der Waals surface area (Å²) in [5, 5.41) is 3.16. The van der Waals surface area contributed by atoms with Crippen LogP contribution in [0.25, 0.3) is 22.2 Å². The van der Waals surface area contributed by atoms with Gasteiger partial charge in [-0.25, -0.2) is 9.18 Å². The van der Waals surface area contributed by atoms with Crippen LogP contribution in [0.4, 0.5) is 9.18 Å². The summed E-state index contributed by atoms with van der Waals surface area (Å²) in [6.45, 7) is 8.11. The second kappa shape index (κ2) is 12.0. The first-order valence-electron chi connectivity index (χ1n) is 13.5. The van der Waals surface area contributed by atoms with E-state index in [1.807, 2.05) is 60.4 Å². The number of halogens is 1. The molecule has 206 valence electrons. The number of allylic oxidation sites excluding steroid dienone is 4. The number of fused-ring (bicyclic) bond motifs is 1. The van der Waals surface area contributed by atoms with Gasteiger partial charge in [0.05, 0.1) is 23.7 Å². The van der Waals surface area contributed by atoms with Gasteiger partial charge in [-0.1, -0.05) is 54.3 Å². The molecule has 0 saturated carbocycles. The second-order valence-electron chi connectivity index (χ2n) is 10.2. The van der Waals surface area contributed by atoms with E-state index in [-0.39, 0.29) is 23.9 Å². The maximum Gasteiger partial charge on any atom is 0.318 e. The van der Waals surface area contributed by atoms with Gasteiger partial charge in [-0.3, -0.25) is 0 Å². The Morgan fingerprint density at radius 3 is 2.65 bits per heavy atom.